The quantitative estimate of drug-likeness (QED) is 0.738. The number of nitrogens with one attached hydrogen (secondary N) is 1. The van der Waals surface area contributed by atoms with Gasteiger partial charge in [-0.3, -0.25) is 14.0 Å². The summed E-state index contributed by atoms with van der Waals surface area (Å²) < 4.78 is 1.92. The lowest BCUT2D eigenvalue weighted by Gasteiger charge is -2.26. The van der Waals surface area contributed by atoms with Crippen molar-refractivity contribution >= 4 is 28.1 Å². The zero-order valence-electron chi connectivity index (χ0n) is 15.1. The SMILES string of the molecule is O=C(Cc1cn2ccsc2n1)NCc1ccc(C(=O)N2CCCCC2)cc1. The van der Waals surface area contributed by atoms with Gasteiger partial charge < -0.3 is 10.2 Å². The molecule has 0 aliphatic carbocycles. The van der Waals surface area contributed by atoms with Crippen LogP contribution in [0.4, 0.5) is 0 Å². The zero-order chi connectivity index (χ0) is 18.6. The average molecular weight is 382 g/mol. The van der Waals surface area contributed by atoms with Gasteiger partial charge in [-0.05, 0) is 37.0 Å². The van der Waals surface area contributed by atoms with E-state index in [0.29, 0.717) is 12.1 Å². The number of hydrogen-bond acceptors (Lipinski definition) is 4. The molecular weight excluding hydrogens is 360 g/mol. The zero-order valence-corrected chi connectivity index (χ0v) is 15.9. The molecule has 6 nitrogen and oxygen atoms in total. The lowest BCUT2D eigenvalue weighted by Crippen LogP contribution is -2.35. The first-order valence-electron chi connectivity index (χ1n) is 9.25. The molecule has 1 aromatic carbocycles. The molecule has 1 aliphatic rings. The maximum absolute atomic E-state index is 12.5. The van der Waals surface area contributed by atoms with Crippen molar-refractivity contribution in [3.63, 3.8) is 0 Å². The Hall–Kier alpha value is -2.67. The number of benzene rings is 1. The Morgan fingerprint density at radius 1 is 1.11 bits per heavy atom. The van der Waals surface area contributed by atoms with Crippen LogP contribution in [0.5, 0.6) is 0 Å². The number of carbonyl (C=O) groups excluding carboxylic acids is 2. The minimum Gasteiger partial charge on any atom is -0.352 e. The minimum absolute atomic E-state index is 0.0609. The van der Waals surface area contributed by atoms with Crippen LogP contribution < -0.4 is 5.32 Å². The number of amides is 2. The summed E-state index contributed by atoms with van der Waals surface area (Å²) in [7, 11) is 0. The van der Waals surface area contributed by atoms with Crippen LogP contribution >= 0.6 is 11.3 Å². The minimum atomic E-state index is -0.0609. The van der Waals surface area contributed by atoms with Crippen LogP contribution in [0.1, 0.15) is 40.9 Å². The topological polar surface area (TPSA) is 66.7 Å². The van der Waals surface area contributed by atoms with E-state index in [1.807, 2.05) is 51.3 Å². The normalized spacial score (nSPS) is 14.4. The van der Waals surface area contributed by atoms with Crippen LogP contribution in [0.15, 0.2) is 42.0 Å². The molecule has 0 radical (unpaired) electrons. The second-order valence-corrected chi connectivity index (χ2v) is 7.70. The molecule has 0 spiro atoms. The predicted octanol–water partition coefficient (Wildman–Crippen LogP) is 2.88. The number of rotatable bonds is 5. The van der Waals surface area contributed by atoms with Crippen molar-refractivity contribution in [2.75, 3.05) is 13.1 Å². The second kappa shape index (κ2) is 7.92. The molecule has 2 aromatic heterocycles. The van der Waals surface area contributed by atoms with E-state index in [-0.39, 0.29) is 18.2 Å². The van der Waals surface area contributed by atoms with Crippen molar-refractivity contribution < 1.29 is 9.59 Å². The Morgan fingerprint density at radius 2 is 1.89 bits per heavy atom. The van der Waals surface area contributed by atoms with E-state index >= 15 is 0 Å². The number of nitrogens with zero attached hydrogens (tertiary/aromatic N) is 3. The van der Waals surface area contributed by atoms with Gasteiger partial charge in [0.15, 0.2) is 4.96 Å². The van der Waals surface area contributed by atoms with E-state index in [9.17, 15) is 9.59 Å². The van der Waals surface area contributed by atoms with Gasteiger partial charge in [-0.1, -0.05) is 12.1 Å². The molecule has 1 saturated heterocycles. The molecule has 0 bridgehead atoms. The van der Waals surface area contributed by atoms with Crippen LogP contribution in [0, 0.1) is 0 Å². The highest BCUT2D eigenvalue weighted by molar-refractivity contribution is 7.15. The molecule has 2 amide bonds. The van der Waals surface area contributed by atoms with Gasteiger partial charge in [0.25, 0.3) is 5.91 Å². The molecule has 7 heteroatoms. The first kappa shape index (κ1) is 17.7. The number of imidazole rings is 1. The molecule has 3 aromatic rings. The number of likely N-dealkylation sites (tertiary alicyclic amines) is 1. The number of thiazole rings is 1. The summed E-state index contributed by atoms with van der Waals surface area (Å²) in [6.07, 6.45) is 7.46. The maximum Gasteiger partial charge on any atom is 0.253 e. The van der Waals surface area contributed by atoms with E-state index in [1.54, 1.807) is 11.3 Å². The number of aromatic nitrogens is 2. The van der Waals surface area contributed by atoms with Gasteiger partial charge in [0, 0.05) is 43.0 Å². The number of carbonyl (C=O) groups is 2. The highest BCUT2D eigenvalue weighted by Crippen LogP contribution is 2.14. The van der Waals surface area contributed by atoms with Crippen molar-refractivity contribution in [2.45, 2.75) is 32.2 Å². The van der Waals surface area contributed by atoms with Crippen LogP contribution in [0.3, 0.4) is 0 Å². The molecule has 1 N–H and O–H groups in total. The summed E-state index contributed by atoms with van der Waals surface area (Å²) in [5.74, 6) is 0.0410. The molecule has 3 heterocycles. The van der Waals surface area contributed by atoms with E-state index in [1.165, 1.54) is 6.42 Å². The fourth-order valence-electron chi connectivity index (χ4n) is 3.33. The third-order valence-corrected chi connectivity index (χ3v) is 5.59. The Bertz CT molecular complexity index is 910. The fraction of sp³-hybridized carbons (Fsp3) is 0.350. The van der Waals surface area contributed by atoms with E-state index in [2.05, 4.69) is 10.3 Å². The average Bonchev–Trinajstić information content (AvgIpc) is 3.28. The molecule has 1 fully saturated rings. The Labute approximate surface area is 161 Å². The van der Waals surface area contributed by atoms with E-state index in [4.69, 9.17) is 0 Å². The molecule has 0 atom stereocenters. The number of piperidine rings is 1. The molecule has 1 aliphatic heterocycles. The van der Waals surface area contributed by atoms with Gasteiger partial charge in [0.2, 0.25) is 5.91 Å². The monoisotopic (exact) mass is 382 g/mol. The van der Waals surface area contributed by atoms with E-state index in [0.717, 1.165) is 42.1 Å². The maximum atomic E-state index is 12.5. The van der Waals surface area contributed by atoms with E-state index < -0.39 is 0 Å². The smallest absolute Gasteiger partial charge is 0.253 e. The lowest BCUT2D eigenvalue weighted by atomic mass is 10.1. The van der Waals surface area contributed by atoms with Crippen LogP contribution in [-0.2, 0) is 17.8 Å². The highest BCUT2D eigenvalue weighted by Gasteiger charge is 2.17. The Kier molecular flexibility index (Phi) is 5.20. The number of fused-ring (bicyclic) bond motifs is 1. The molecule has 140 valence electrons. The van der Waals surface area contributed by atoms with Gasteiger partial charge in [0.05, 0.1) is 12.1 Å². The summed E-state index contributed by atoms with van der Waals surface area (Å²) in [4.78, 5) is 31.9. The van der Waals surface area contributed by atoms with Crippen LogP contribution in [0.2, 0.25) is 0 Å². The van der Waals surface area contributed by atoms with Crippen molar-refractivity contribution in [3.05, 3.63) is 58.9 Å². The van der Waals surface area contributed by atoms with Gasteiger partial charge in [-0.15, -0.1) is 11.3 Å². The predicted molar refractivity (Wildman–Crippen MR) is 105 cm³/mol. The van der Waals surface area contributed by atoms with Crippen molar-refractivity contribution in [3.8, 4) is 0 Å². The summed E-state index contributed by atoms with van der Waals surface area (Å²) >= 11 is 1.55. The van der Waals surface area contributed by atoms with Crippen molar-refractivity contribution in [1.82, 2.24) is 19.6 Å². The summed E-state index contributed by atoms with van der Waals surface area (Å²) in [6.45, 7) is 2.14. The summed E-state index contributed by atoms with van der Waals surface area (Å²) in [6, 6.07) is 7.51. The Balaban J connectivity index is 1.29. The molecule has 4 rings (SSSR count). The van der Waals surface area contributed by atoms with Crippen LogP contribution in [-0.4, -0.2) is 39.2 Å². The Morgan fingerprint density at radius 3 is 2.63 bits per heavy atom. The first-order chi connectivity index (χ1) is 13.2. The summed E-state index contributed by atoms with van der Waals surface area (Å²) in [5.41, 5.74) is 2.45. The van der Waals surface area contributed by atoms with Gasteiger partial charge in [0.1, 0.15) is 0 Å². The second-order valence-electron chi connectivity index (χ2n) is 6.83. The van der Waals surface area contributed by atoms with Crippen molar-refractivity contribution in [2.24, 2.45) is 0 Å². The summed E-state index contributed by atoms with van der Waals surface area (Å²) in [5, 5.41) is 4.88. The molecule has 0 saturated carbocycles. The first-order valence-corrected chi connectivity index (χ1v) is 10.1. The van der Waals surface area contributed by atoms with Gasteiger partial charge in [-0.2, -0.15) is 0 Å². The molecule has 27 heavy (non-hydrogen) atoms. The fourth-order valence-corrected chi connectivity index (χ4v) is 4.05. The van der Waals surface area contributed by atoms with Crippen molar-refractivity contribution in [1.29, 1.82) is 0 Å². The van der Waals surface area contributed by atoms with Gasteiger partial charge in [-0.25, -0.2) is 4.98 Å². The molecule has 0 unspecified atom stereocenters. The highest BCUT2D eigenvalue weighted by atomic mass is 32.1. The standard InChI is InChI=1S/C20H22N4O2S/c25-18(12-17-14-24-10-11-27-20(24)22-17)21-13-15-4-6-16(7-5-15)19(26)23-8-2-1-3-9-23/h4-7,10-11,14H,1-3,8-9,12-13H2,(H,21,25). The number of hydrogen-bond donors (Lipinski definition) is 1. The largest absolute Gasteiger partial charge is 0.352 e. The molecular formula is C20H22N4O2S. The lowest BCUT2D eigenvalue weighted by molar-refractivity contribution is -0.120. The third-order valence-electron chi connectivity index (χ3n) is 4.82. The third kappa shape index (κ3) is 4.19. The van der Waals surface area contributed by atoms with Gasteiger partial charge >= 0.3 is 0 Å². The van der Waals surface area contributed by atoms with Crippen LogP contribution in [0.25, 0.3) is 4.96 Å².